The second-order valence-corrected chi connectivity index (χ2v) is 4.99. The van der Waals surface area contributed by atoms with Crippen molar-refractivity contribution in [3.05, 3.63) is 41.2 Å². The van der Waals surface area contributed by atoms with Gasteiger partial charge >= 0.3 is 0 Å². The maximum Gasteiger partial charge on any atom is 0.168 e. The Balaban J connectivity index is 2.09. The fourth-order valence-electron chi connectivity index (χ4n) is 2.32. The van der Waals surface area contributed by atoms with Crippen LogP contribution in [0, 0.1) is 0 Å². The fraction of sp³-hybridized carbons (Fsp3) is 0.533. The lowest BCUT2D eigenvalue weighted by Gasteiger charge is -2.14. The molecule has 1 heterocycles. The third kappa shape index (κ3) is 4.09. The Morgan fingerprint density at radius 1 is 1.29 bits per heavy atom. The number of nitrogens with one attached hydrogen (secondary N) is 1. The van der Waals surface area contributed by atoms with Crippen molar-refractivity contribution in [2.24, 2.45) is 0 Å². The molecule has 114 valence electrons. The van der Waals surface area contributed by atoms with Crippen LogP contribution in [0.1, 0.15) is 36.8 Å². The highest BCUT2D eigenvalue weighted by Gasteiger charge is 2.14. The van der Waals surface area contributed by atoms with Crippen molar-refractivity contribution in [3.8, 4) is 0 Å². The quantitative estimate of drug-likeness (QED) is 0.747. The second kappa shape index (κ2) is 7.85. The Morgan fingerprint density at radius 2 is 2.05 bits per heavy atom. The molecule has 0 fully saturated rings. The smallest absolute Gasteiger partial charge is 0.168 e. The van der Waals surface area contributed by atoms with Gasteiger partial charge in [0.2, 0.25) is 0 Å². The normalized spacial score (nSPS) is 12.5. The Labute approximate surface area is 125 Å². The number of tetrazole rings is 1. The molecule has 0 aliphatic rings. The number of nitrogens with zero attached hydrogens (tertiary/aromatic N) is 4. The van der Waals surface area contributed by atoms with Gasteiger partial charge in [0.1, 0.15) is 0 Å². The Kier molecular flexibility index (Phi) is 5.83. The number of methoxy groups -OCH3 is 1. The third-order valence-corrected chi connectivity index (χ3v) is 3.52. The van der Waals surface area contributed by atoms with Crippen molar-refractivity contribution in [1.29, 1.82) is 0 Å². The van der Waals surface area contributed by atoms with Crippen LogP contribution in [0.4, 0.5) is 0 Å². The topological polar surface area (TPSA) is 64.9 Å². The van der Waals surface area contributed by atoms with Gasteiger partial charge < -0.3 is 10.1 Å². The fourth-order valence-corrected chi connectivity index (χ4v) is 2.32. The van der Waals surface area contributed by atoms with E-state index < -0.39 is 0 Å². The van der Waals surface area contributed by atoms with Crippen LogP contribution in [0.2, 0.25) is 0 Å². The maximum atomic E-state index is 5.04. The molecule has 0 amide bonds. The summed E-state index contributed by atoms with van der Waals surface area (Å²) in [7, 11) is 1.69. The molecule has 21 heavy (non-hydrogen) atoms. The van der Waals surface area contributed by atoms with Crippen LogP contribution in [-0.2, 0) is 17.7 Å². The number of rotatable bonds is 8. The first-order chi connectivity index (χ1) is 10.3. The van der Waals surface area contributed by atoms with Crippen molar-refractivity contribution in [1.82, 2.24) is 25.5 Å². The molecule has 6 heteroatoms. The summed E-state index contributed by atoms with van der Waals surface area (Å²) in [6.07, 6.45) is 1.01. The van der Waals surface area contributed by atoms with Crippen molar-refractivity contribution < 1.29 is 4.74 Å². The summed E-state index contributed by atoms with van der Waals surface area (Å²) in [6, 6.07) is 8.49. The van der Waals surface area contributed by atoms with E-state index in [-0.39, 0.29) is 6.04 Å². The monoisotopic (exact) mass is 289 g/mol. The summed E-state index contributed by atoms with van der Waals surface area (Å²) in [5.41, 5.74) is 2.59. The van der Waals surface area contributed by atoms with Crippen LogP contribution < -0.4 is 5.32 Å². The molecule has 6 nitrogen and oxygen atoms in total. The minimum Gasteiger partial charge on any atom is -0.383 e. The van der Waals surface area contributed by atoms with Crippen LogP contribution in [0.5, 0.6) is 0 Å². The number of benzene rings is 1. The van der Waals surface area contributed by atoms with Crippen molar-refractivity contribution in [2.75, 3.05) is 20.3 Å². The average Bonchev–Trinajstić information content (AvgIpc) is 2.96. The van der Waals surface area contributed by atoms with Crippen molar-refractivity contribution in [3.63, 3.8) is 0 Å². The second-order valence-electron chi connectivity index (χ2n) is 4.99. The number of aryl methyl sites for hydroxylation is 1. The van der Waals surface area contributed by atoms with Gasteiger partial charge in [0, 0.05) is 13.7 Å². The van der Waals surface area contributed by atoms with E-state index in [4.69, 9.17) is 4.74 Å². The zero-order chi connectivity index (χ0) is 15.1. The molecule has 1 N–H and O–H groups in total. The van der Waals surface area contributed by atoms with Gasteiger partial charge in [-0.15, -0.1) is 5.10 Å². The lowest BCUT2D eigenvalue weighted by molar-refractivity contribution is 0.196. The summed E-state index contributed by atoms with van der Waals surface area (Å²) in [5.74, 6) is 0.844. The molecule has 1 aromatic carbocycles. The minimum atomic E-state index is 0.0870. The van der Waals surface area contributed by atoms with Crippen molar-refractivity contribution >= 4 is 0 Å². The van der Waals surface area contributed by atoms with Crippen molar-refractivity contribution in [2.45, 2.75) is 32.9 Å². The molecule has 2 aromatic rings. The molecular weight excluding hydrogens is 266 g/mol. The van der Waals surface area contributed by atoms with E-state index in [1.807, 2.05) is 4.68 Å². The van der Waals surface area contributed by atoms with Gasteiger partial charge in [-0.2, -0.15) is 0 Å². The predicted octanol–water partition coefficient (Wildman–Crippen LogP) is 1.58. The van der Waals surface area contributed by atoms with Crippen LogP contribution in [0.15, 0.2) is 24.3 Å². The van der Waals surface area contributed by atoms with Crippen LogP contribution >= 0.6 is 0 Å². The molecule has 2 rings (SSSR count). The number of aromatic nitrogens is 4. The van der Waals surface area contributed by atoms with Crippen LogP contribution in [0.25, 0.3) is 0 Å². The highest BCUT2D eigenvalue weighted by Crippen LogP contribution is 2.14. The molecule has 0 radical (unpaired) electrons. The zero-order valence-electron chi connectivity index (χ0n) is 12.9. The third-order valence-electron chi connectivity index (χ3n) is 3.52. The Bertz CT molecular complexity index is 555. The van der Waals surface area contributed by atoms with E-state index in [2.05, 4.69) is 59.0 Å². The number of ether oxygens (including phenoxy) is 1. The molecule has 1 unspecified atom stereocenters. The molecule has 0 aliphatic carbocycles. The molecule has 0 aliphatic heterocycles. The molecule has 1 atom stereocenters. The lowest BCUT2D eigenvalue weighted by atomic mass is 10.1. The summed E-state index contributed by atoms with van der Waals surface area (Å²) in [5, 5.41) is 15.4. The zero-order valence-corrected chi connectivity index (χ0v) is 12.9. The summed E-state index contributed by atoms with van der Waals surface area (Å²) < 4.78 is 6.90. The van der Waals surface area contributed by atoms with Gasteiger partial charge in [-0.1, -0.05) is 31.2 Å². The van der Waals surface area contributed by atoms with E-state index in [0.29, 0.717) is 13.2 Å². The minimum absolute atomic E-state index is 0.0870. The van der Waals surface area contributed by atoms with Gasteiger partial charge in [-0.25, -0.2) is 4.68 Å². The first-order valence-electron chi connectivity index (χ1n) is 7.31. The first kappa shape index (κ1) is 15.6. The van der Waals surface area contributed by atoms with Gasteiger partial charge in [0.15, 0.2) is 5.82 Å². The van der Waals surface area contributed by atoms with Crippen LogP contribution in [-0.4, -0.2) is 40.5 Å². The van der Waals surface area contributed by atoms with Gasteiger partial charge in [-0.3, -0.25) is 0 Å². The molecular formula is C15H23N5O. The highest BCUT2D eigenvalue weighted by atomic mass is 16.5. The van der Waals surface area contributed by atoms with E-state index in [1.54, 1.807) is 7.11 Å². The first-order valence-corrected chi connectivity index (χ1v) is 7.31. The highest BCUT2D eigenvalue weighted by molar-refractivity contribution is 5.27. The Hall–Kier alpha value is -1.79. The largest absolute Gasteiger partial charge is 0.383 e. The summed E-state index contributed by atoms with van der Waals surface area (Å²) in [6.45, 7) is 6.36. The summed E-state index contributed by atoms with van der Waals surface area (Å²) >= 11 is 0. The number of hydrogen-bond acceptors (Lipinski definition) is 5. The SMILES string of the molecule is CCc1ccccc1Cn1nnnc1C(C)NCCOC. The molecule has 0 bridgehead atoms. The van der Waals surface area contributed by atoms with Gasteiger partial charge in [0.25, 0.3) is 0 Å². The van der Waals surface area contributed by atoms with E-state index in [1.165, 1.54) is 11.1 Å². The standard InChI is InChI=1S/C15H23N5O/c1-4-13-7-5-6-8-14(13)11-20-15(17-18-19-20)12(2)16-9-10-21-3/h5-8,12,16H,4,9-11H2,1-3H3. The molecule has 0 spiro atoms. The predicted molar refractivity (Wildman–Crippen MR) is 81.0 cm³/mol. The van der Waals surface area contributed by atoms with Gasteiger partial charge in [0.05, 0.1) is 19.2 Å². The number of hydrogen-bond donors (Lipinski definition) is 1. The maximum absolute atomic E-state index is 5.04. The van der Waals surface area contributed by atoms with Gasteiger partial charge in [-0.05, 0) is 34.9 Å². The van der Waals surface area contributed by atoms with Crippen LogP contribution in [0.3, 0.4) is 0 Å². The molecule has 1 aromatic heterocycles. The molecule has 0 saturated heterocycles. The average molecular weight is 289 g/mol. The summed E-state index contributed by atoms with van der Waals surface area (Å²) in [4.78, 5) is 0. The van der Waals surface area contributed by atoms with E-state index >= 15 is 0 Å². The molecule has 0 saturated carbocycles. The Morgan fingerprint density at radius 3 is 2.76 bits per heavy atom. The van der Waals surface area contributed by atoms with E-state index in [0.717, 1.165) is 18.8 Å². The van der Waals surface area contributed by atoms with E-state index in [9.17, 15) is 0 Å². The lowest BCUT2D eigenvalue weighted by Crippen LogP contribution is -2.26.